The molecule has 7 heteroatoms. The molecule has 2 aromatic carbocycles. The zero-order valence-corrected chi connectivity index (χ0v) is 18.5. The number of hydrogen-bond donors (Lipinski definition) is 2. The molecule has 162 valence electrons. The lowest BCUT2D eigenvalue weighted by molar-refractivity contribution is -0.895. The van der Waals surface area contributed by atoms with Gasteiger partial charge in [-0.25, -0.2) is 8.42 Å². The third-order valence-corrected chi connectivity index (χ3v) is 7.43. The first-order valence-corrected chi connectivity index (χ1v) is 12.2. The summed E-state index contributed by atoms with van der Waals surface area (Å²) in [5.74, 6) is 0.0174. The maximum atomic E-state index is 12.9. The van der Waals surface area contributed by atoms with Crippen LogP contribution < -0.4 is 10.2 Å². The van der Waals surface area contributed by atoms with Crippen LogP contribution in [0.15, 0.2) is 59.5 Å². The van der Waals surface area contributed by atoms with E-state index in [1.54, 1.807) is 16.4 Å². The van der Waals surface area contributed by atoms with Crippen LogP contribution in [0.3, 0.4) is 0 Å². The van der Waals surface area contributed by atoms with Gasteiger partial charge in [-0.1, -0.05) is 55.8 Å². The molecule has 0 atom stereocenters. The highest BCUT2D eigenvalue weighted by Crippen LogP contribution is 2.17. The molecule has 1 saturated heterocycles. The number of aryl methyl sites for hydroxylation is 1. The minimum atomic E-state index is -3.47. The number of piperazine rings is 1. The van der Waals surface area contributed by atoms with Crippen LogP contribution in [0.5, 0.6) is 0 Å². The van der Waals surface area contributed by atoms with Crippen molar-refractivity contribution in [2.24, 2.45) is 0 Å². The molecule has 6 nitrogen and oxygen atoms in total. The quantitative estimate of drug-likeness (QED) is 0.621. The molecule has 30 heavy (non-hydrogen) atoms. The molecule has 0 aromatic heterocycles. The van der Waals surface area contributed by atoms with Gasteiger partial charge in [0.05, 0.1) is 31.1 Å². The summed E-state index contributed by atoms with van der Waals surface area (Å²) in [7, 11) is -3.47. The molecule has 1 fully saturated rings. The van der Waals surface area contributed by atoms with Crippen molar-refractivity contribution in [2.45, 2.75) is 31.1 Å². The summed E-state index contributed by atoms with van der Waals surface area (Å²) in [5.41, 5.74) is 2.36. The van der Waals surface area contributed by atoms with Crippen LogP contribution in [-0.4, -0.2) is 57.9 Å². The van der Waals surface area contributed by atoms with Gasteiger partial charge in [0.25, 0.3) is 5.91 Å². The zero-order chi connectivity index (χ0) is 21.4. The Labute approximate surface area is 179 Å². The molecule has 2 aromatic rings. The maximum absolute atomic E-state index is 12.9. The minimum absolute atomic E-state index is 0.0174. The number of benzene rings is 2. The van der Waals surface area contributed by atoms with Crippen molar-refractivity contribution in [3.8, 4) is 0 Å². The van der Waals surface area contributed by atoms with Crippen LogP contribution in [0, 0.1) is 0 Å². The van der Waals surface area contributed by atoms with Gasteiger partial charge in [-0.15, -0.1) is 0 Å². The number of quaternary nitrogens is 1. The summed E-state index contributed by atoms with van der Waals surface area (Å²) in [5, 5.41) is 2.97. The number of carbonyl (C=O) groups excluding carboxylic acids is 1. The normalized spacial score (nSPS) is 15.8. The Bertz CT molecular complexity index is 906. The lowest BCUT2D eigenvalue weighted by Crippen LogP contribution is -3.15. The molecule has 0 radical (unpaired) electrons. The lowest BCUT2D eigenvalue weighted by atomic mass is 10.1. The van der Waals surface area contributed by atoms with E-state index in [0.717, 1.165) is 29.7 Å². The molecule has 1 aliphatic rings. The summed E-state index contributed by atoms with van der Waals surface area (Å²) in [6.45, 7) is 5.25. The van der Waals surface area contributed by atoms with Crippen molar-refractivity contribution < 1.29 is 18.1 Å². The fourth-order valence-corrected chi connectivity index (χ4v) is 5.21. The molecule has 0 unspecified atom stereocenters. The smallest absolute Gasteiger partial charge is 0.275 e. The van der Waals surface area contributed by atoms with E-state index in [-0.39, 0.29) is 5.91 Å². The second kappa shape index (κ2) is 10.7. The van der Waals surface area contributed by atoms with E-state index in [1.807, 2.05) is 30.3 Å². The van der Waals surface area contributed by atoms with Crippen LogP contribution in [0.1, 0.15) is 24.5 Å². The second-order valence-corrected chi connectivity index (χ2v) is 9.75. The van der Waals surface area contributed by atoms with Crippen molar-refractivity contribution in [1.82, 2.24) is 9.62 Å². The molecule has 1 aliphatic heterocycles. The van der Waals surface area contributed by atoms with Gasteiger partial charge in [0.2, 0.25) is 10.0 Å². The van der Waals surface area contributed by atoms with Crippen LogP contribution in [0.25, 0.3) is 0 Å². The van der Waals surface area contributed by atoms with Gasteiger partial charge in [-0.05, 0) is 36.1 Å². The van der Waals surface area contributed by atoms with Gasteiger partial charge in [0.1, 0.15) is 0 Å². The average molecular weight is 431 g/mol. The van der Waals surface area contributed by atoms with E-state index in [9.17, 15) is 13.2 Å². The van der Waals surface area contributed by atoms with Crippen LogP contribution in [-0.2, 0) is 27.7 Å². The Morgan fingerprint density at radius 3 is 2.23 bits per heavy atom. The van der Waals surface area contributed by atoms with E-state index in [1.165, 1.54) is 5.56 Å². The molecule has 2 N–H and O–H groups in total. The van der Waals surface area contributed by atoms with Gasteiger partial charge >= 0.3 is 0 Å². The largest absolute Gasteiger partial charge is 0.351 e. The number of amides is 1. The number of rotatable bonds is 9. The first-order chi connectivity index (χ1) is 14.5. The molecule has 0 aliphatic carbocycles. The number of carbonyl (C=O) groups is 1. The topological polar surface area (TPSA) is 70.9 Å². The van der Waals surface area contributed by atoms with Crippen LogP contribution >= 0.6 is 0 Å². The summed E-state index contributed by atoms with van der Waals surface area (Å²) < 4.78 is 27.3. The fourth-order valence-electron chi connectivity index (χ4n) is 3.77. The third kappa shape index (κ3) is 6.14. The molecule has 0 saturated carbocycles. The van der Waals surface area contributed by atoms with Crippen molar-refractivity contribution >= 4 is 15.9 Å². The van der Waals surface area contributed by atoms with Crippen molar-refractivity contribution in [3.63, 3.8) is 0 Å². The first kappa shape index (κ1) is 22.5. The van der Waals surface area contributed by atoms with Crippen molar-refractivity contribution in [3.05, 3.63) is 65.7 Å². The van der Waals surface area contributed by atoms with Crippen molar-refractivity contribution in [2.75, 3.05) is 39.3 Å². The summed E-state index contributed by atoms with van der Waals surface area (Å²) in [6, 6.07) is 17.3. The fraction of sp³-hybridized carbons (Fsp3) is 0.435. The third-order valence-electron chi connectivity index (χ3n) is 5.52. The standard InChI is InChI=1S/C23H31N3O3S/c1-2-6-20-9-11-22(12-10-20)30(28,29)26-17-15-25(16-18-26)19-23(27)24-14-13-21-7-4-3-5-8-21/h3-5,7-12H,2,6,13-19H2,1H3,(H,24,27)/p+1. The van der Waals surface area contributed by atoms with Gasteiger partial charge < -0.3 is 10.2 Å². The maximum Gasteiger partial charge on any atom is 0.275 e. The summed E-state index contributed by atoms with van der Waals surface area (Å²) in [4.78, 5) is 13.7. The zero-order valence-electron chi connectivity index (χ0n) is 17.6. The Morgan fingerprint density at radius 2 is 1.60 bits per heavy atom. The van der Waals surface area contributed by atoms with Crippen molar-refractivity contribution in [1.29, 1.82) is 0 Å². The Kier molecular flexibility index (Phi) is 8.01. The molecular formula is C23H32N3O3S+. The lowest BCUT2D eigenvalue weighted by Gasteiger charge is -2.31. The SMILES string of the molecule is CCCc1ccc(S(=O)(=O)N2CC[NH+](CC(=O)NCCc3ccccc3)CC2)cc1. The Hall–Kier alpha value is -2.22. The van der Waals surface area contributed by atoms with E-state index < -0.39 is 10.0 Å². The molecule has 1 amide bonds. The van der Waals surface area contributed by atoms with E-state index in [4.69, 9.17) is 0 Å². The summed E-state index contributed by atoms with van der Waals surface area (Å²) in [6.07, 6.45) is 2.80. The number of nitrogens with one attached hydrogen (secondary N) is 2. The highest BCUT2D eigenvalue weighted by atomic mass is 32.2. The number of nitrogens with zero attached hydrogens (tertiary/aromatic N) is 1. The molecule has 1 heterocycles. The Balaban J connectivity index is 1.44. The number of hydrogen-bond acceptors (Lipinski definition) is 3. The van der Waals surface area contributed by atoms with E-state index in [0.29, 0.717) is 44.2 Å². The predicted octanol–water partition coefficient (Wildman–Crippen LogP) is 0.887. The highest BCUT2D eigenvalue weighted by molar-refractivity contribution is 7.89. The second-order valence-electron chi connectivity index (χ2n) is 7.81. The minimum Gasteiger partial charge on any atom is -0.351 e. The Morgan fingerprint density at radius 1 is 0.967 bits per heavy atom. The monoisotopic (exact) mass is 430 g/mol. The van der Waals surface area contributed by atoms with Gasteiger partial charge in [-0.2, -0.15) is 4.31 Å². The summed E-state index contributed by atoms with van der Waals surface area (Å²) >= 11 is 0. The van der Waals surface area contributed by atoms with Gasteiger partial charge in [-0.3, -0.25) is 4.79 Å². The molecule has 3 rings (SSSR count). The van der Waals surface area contributed by atoms with Crippen LogP contribution in [0.2, 0.25) is 0 Å². The number of sulfonamides is 1. The molecule has 0 spiro atoms. The highest BCUT2D eigenvalue weighted by Gasteiger charge is 2.31. The first-order valence-electron chi connectivity index (χ1n) is 10.7. The molecule has 0 bridgehead atoms. The van der Waals surface area contributed by atoms with Gasteiger partial charge in [0.15, 0.2) is 6.54 Å². The van der Waals surface area contributed by atoms with Gasteiger partial charge in [0, 0.05) is 6.54 Å². The van der Waals surface area contributed by atoms with E-state index in [2.05, 4.69) is 24.4 Å². The molecular weight excluding hydrogens is 398 g/mol. The van der Waals surface area contributed by atoms with E-state index >= 15 is 0 Å². The predicted molar refractivity (Wildman–Crippen MR) is 118 cm³/mol. The van der Waals surface area contributed by atoms with Crippen LogP contribution in [0.4, 0.5) is 0 Å². The average Bonchev–Trinajstić information content (AvgIpc) is 2.75.